The summed E-state index contributed by atoms with van der Waals surface area (Å²) in [7, 11) is 1.63. The maximum absolute atomic E-state index is 12.2. The molecule has 6 heteroatoms. The van der Waals surface area contributed by atoms with E-state index in [0.717, 1.165) is 5.56 Å². The minimum absolute atomic E-state index is 0.101. The molecule has 0 bridgehead atoms. The van der Waals surface area contributed by atoms with Crippen LogP contribution in [0.5, 0.6) is 0 Å². The lowest BCUT2D eigenvalue weighted by atomic mass is 10.0. The van der Waals surface area contributed by atoms with Gasteiger partial charge in [0.1, 0.15) is 0 Å². The number of benzene rings is 1. The number of anilines is 1. The van der Waals surface area contributed by atoms with Crippen LogP contribution in [0, 0.1) is 0 Å². The highest BCUT2D eigenvalue weighted by Gasteiger charge is 2.27. The SMILES string of the molecule is CC(N)Cc1c(Cl)cccc1N(C)CCC(F)(F)F. The van der Waals surface area contributed by atoms with Gasteiger partial charge >= 0.3 is 6.18 Å². The molecular formula is C13H18ClF3N2. The van der Waals surface area contributed by atoms with Crippen molar-refractivity contribution >= 4 is 17.3 Å². The van der Waals surface area contributed by atoms with Crippen molar-refractivity contribution in [3.05, 3.63) is 28.8 Å². The lowest BCUT2D eigenvalue weighted by molar-refractivity contribution is -0.132. The van der Waals surface area contributed by atoms with Crippen molar-refractivity contribution in [1.29, 1.82) is 0 Å². The molecule has 0 amide bonds. The largest absolute Gasteiger partial charge is 0.390 e. The zero-order valence-corrected chi connectivity index (χ0v) is 11.7. The van der Waals surface area contributed by atoms with Crippen LogP contribution in [0.1, 0.15) is 18.9 Å². The molecule has 0 heterocycles. The zero-order chi connectivity index (χ0) is 14.6. The second-order valence-corrected chi connectivity index (χ2v) is 5.11. The lowest BCUT2D eigenvalue weighted by Crippen LogP contribution is -2.26. The van der Waals surface area contributed by atoms with Gasteiger partial charge in [-0.25, -0.2) is 0 Å². The summed E-state index contributed by atoms with van der Waals surface area (Å²) in [6.07, 6.45) is -4.48. The number of hydrogen-bond acceptors (Lipinski definition) is 2. The highest BCUT2D eigenvalue weighted by molar-refractivity contribution is 6.31. The third kappa shape index (κ3) is 5.28. The van der Waals surface area contributed by atoms with E-state index in [4.69, 9.17) is 17.3 Å². The van der Waals surface area contributed by atoms with E-state index in [-0.39, 0.29) is 12.6 Å². The van der Waals surface area contributed by atoms with Gasteiger partial charge in [-0.05, 0) is 31.0 Å². The fourth-order valence-electron chi connectivity index (χ4n) is 1.84. The first-order valence-corrected chi connectivity index (χ1v) is 6.39. The molecule has 1 rings (SSSR count). The summed E-state index contributed by atoms with van der Waals surface area (Å²) >= 11 is 6.10. The third-order valence-corrected chi connectivity index (χ3v) is 3.12. The number of alkyl halides is 3. The summed E-state index contributed by atoms with van der Waals surface area (Å²) in [4.78, 5) is 1.57. The van der Waals surface area contributed by atoms with E-state index in [1.54, 1.807) is 30.1 Å². The van der Waals surface area contributed by atoms with Crippen molar-refractivity contribution in [2.24, 2.45) is 5.73 Å². The molecule has 0 saturated carbocycles. The molecule has 0 aliphatic carbocycles. The molecule has 1 aromatic carbocycles. The minimum atomic E-state index is -4.16. The smallest absolute Gasteiger partial charge is 0.374 e. The van der Waals surface area contributed by atoms with E-state index >= 15 is 0 Å². The maximum atomic E-state index is 12.2. The Morgan fingerprint density at radius 3 is 2.53 bits per heavy atom. The molecule has 1 atom stereocenters. The van der Waals surface area contributed by atoms with Gasteiger partial charge in [-0.15, -0.1) is 0 Å². The summed E-state index contributed by atoms with van der Waals surface area (Å²) in [5.74, 6) is 0. The predicted molar refractivity (Wildman–Crippen MR) is 72.7 cm³/mol. The maximum Gasteiger partial charge on any atom is 0.390 e. The van der Waals surface area contributed by atoms with E-state index < -0.39 is 12.6 Å². The average Bonchev–Trinajstić information content (AvgIpc) is 2.27. The van der Waals surface area contributed by atoms with Crippen LogP contribution in [0.25, 0.3) is 0 Å². The third-order valence-electron chi connectivity index (χ3n) is 2.76. The number of nitrogens with zero attached hydrogens (tertiary/aromatic N) is 1. The average molecular weight is 295 g/mol. The molecule has 0 saturated heterocycles. The van der Waals surface area contributed by atoms with Gasteiger partial charge in [0.05, 0.1) is 6.42 Å². The van der Waals surface area contributed by atoms with Crippen LogP contribution >= 0.6 is 11.6 Å². The Bertz CT molecular complexity index is 419. The molecule has 2 nitrogen and oxygen atoms in total. The highest BCUT2D eigenvalue weighted by Crippen LogP contribution is 2.29. The molecule has 0 spiro atoms. The molecule has 108 valence electrons. The Hall–Kier alpha value is -0.940. The summed E-state index contributed by atoms with van der Waals surface area (Å²) in [6, 6.07) is 5.11. The van der Waals surface area contributed by atoms with Crippen molar-refractivity contribution < 1.29 is 13.2 Å². The first kappa shape index (κ1) is 16.1. The van der Waals surface area contributed by atoms with E-state index in [1.807, 2.05) is 6.92 Å². The Kier molecular flexibility index (Phi) is 5.50. The summed E-state index contributed by atoms with van der Waals surface area (Å²) in [6.45, 7) is 1.73. The van der Waals surface area contributed by atoms with Crippen LogP contribution in [-0.2, 0) is 6.42 Å². The minimum Gasteiger partial charge on any atom is -0.374 e. The first-order chi connectivity index (χ1) is 8.70. The second-order valence-electron chi connectivity index (χ2n) is 4.71. The van der Waals surface area contributed by atoms with E-state index in [9.17, 15) is 13.2 Å². The molecule has 1 aromatic rings. The number of hydrogen-bond donors (Lipinski definition) is 1. The van der Waals surface area contributed by atoms with Crippen molar-refractivity contribution in [1.82, 2.24) is 0 Å². The van der Waals surface area contributed by atoms with E-state index in [2.05, 4.69) is 0 Å². The number of halogens is 4. The predicted octanol–water partition coefficient (Wildman–Crippen LogP) is 3.62. The molecular weight excluding hydrogens is 277 g/mol. The van der Waals surface area contributed by atoms with Gasteiger partial charge < -0.3 is 10.6 Å². The molecule has 19 heavy (non-hydrogen) atoms. The summed E-state index contributed by atoms with van der Waals surface area (Å²) in [5, 5.41) is 0.536. The molecule has 2 N–H and O–H groups in total. The molecule has 0 radical (unpaired) electrons. The zero-order valence-electron chi connectivity index (χ0n) is 11.0. The van der Waals surface area contributed by atoms with Gasteiger partial charge in [0.15, 0.2) is 0 Å². The molecule has 0 aromatic heterocycles. The van der Waals surface area contributed by atoms with Gasteiger partial charge in [-0.1, -0.05) is 17.7 Å². The standard InChI is InChI=1S/C13H18ClF3N2/c1-9(18)8-10-11(14)4-3-5-12(10)19(2)7-6-13(15,16)17/h3-5,9H,6-8,18H2,1-2H3. The van der Waals surface area contributed by atoms with Crippen molar-refractivity contribution in [3.63, 3.8) is 0 Å². The molecule has 0 aliphatic heterocycles. The number of rotatable bonds is 5. The van der Waals surface area contributed by atoms with Gasteiger partial charge in [0, 0.05) is 30.3 Å². The Balaban J connectivity index is 2.89. The topological polar surface area (TPSA) is 29.3 Å². The first-order valence-electron chi connectivity index (χ1n) is 6.01. The van der Waals surface area contributed by atoms with Crippen LogP contribution in [-0.4, -0.2) is 25.8 Å². The van der Waals surface area contributed by atoms with Gasteiger partial charge in [-0.2, -0.15) is 13.2 Å². The highest BCUT2D eigenvalue weighted by atomic mass is 35.5. The summed E-state index contributed by atoms with van der Waals surface area (Å²) < 4.78 is 36.7. The fraction of sp³-hybridized carbons (Fsp3) is 0.538. The monoisotopic (exact) mass is 294 g/mol. The van der Waals surface area contributed by atoms with E-state index in [0.29, 0.717) is 17.1 Å². The van der Waals surface area contributed by atoms with Crippen LogP contribution < -0.4 is 10.6 Å². The Morgan fingerprint density at radius 1 is 1.37 bits per heavy atom. The molecule has 0 aliphatic rings. The van der Waals surface area contributed by atoms with Crippen molar-refractivity contribution in [2.75, 3.05) is 18.5 Å². The van der Waals surface area contributed by atoms with Crippen LogP contribution in [0.3, 0.4) is 0 Å². The molecule has 0 fully saturated rings. The lowest BCUT2D eigenvalue weighted by Gasteiger charge is -2.24. The summed E-state index contributed by atoms with van der Waals surface area (Å²) in [5.41, 5.74) is 7.25. The normalized spacial score (nSPS) is 13.4. The van der Waals surface area contributed by atoms with Crippen molar-refractivity contribution in [3.8, 4) is 0 Å². The fourth-order valence-corrected chi connectivity index (χ4v) is 2.09. The quantitative estimate of drug-likeness (QED) is 0.899. The van der Waals surface area contributed by atoms with E-state index in [1.165, 1.54) is 0 Å². The van der Waals surface area contributed by atoms with Crippen LogP contribution in [0.4, 0.5) is 18.9 Å². The Labute approximate surface area is 116 Å². The molecule has 1 unspecified atom stereocenters. The van der Waals surface area contributed by atoms with Gasteiger partial charge in [0.25, 0.3) is 0 Å². The van der Waals surface area contributed by atoms with Gasteiger partial charge in [-0.3, -0.25) is 0 Å². The second kappa shape index (κ2) is 6.48. The van der Waals surface area contributed by atoms with Gasteiger partial charge in [0.2, 0.25) is 0 Å². The van der Waals surface area contributed by atoms with Crippen LogP contribution in [0.2, 0.25) is 5.02 Å². The van der Waals surface area contributed by atoms with Crippen LogP contribution in [0.15, 0.2) is 18.2 Å². The van der Waals surface area contributed by atoms with Crippen molar-refractivity contribution in [2.45, 2.75) is 32.0 Å². The number of nitrogens with two attached hydrogens (primary N) is 1. The Morgan fingerprint density at radius 2 is 2.00 bits per heavy atom.